The van der Waals surface area contributed by atoms with Crippen molar-refractivity contribution < 1.29 is 9.90 Å². The fraction of sp³-hybridized carbons (Fsp3) is 0.286. The number of carbonyl (C=O) groups is 1. The van der Waals surface area contributed by atoms with Crippen LogP contribution in [0.1, 0.15) is 52.9 Å². The van der Waals surface area contributed by atoms with Gasteiger partial charge in [0, 0.05) is 34.4 Å². The summed E-state index contributed by atoms with van der Waals surface area (Å²) >= 11 is 7.72. The number of H-pyrrole nitrogens is 1. The van der Waals surface area contributed by atoms with Crippen LogP contribution in [0.4, 0.5) is 0 Å². The van der Waals surface area contributed by atoms with Crippen LogP contribution in [-0.4, -0.2) is 37.4 Å². The molecule has 0 unspecified atom stereocenters. The van der Waals surface area contributed by atoms with Crippen LogP contribution in [0.25, 0.3) is 11.1 Å². The van der Waals surface area contributed by atoms with Crippen molar-refractivity contribution in [2.45, 2.75) is 43.7 Å². The van der Waals surface area contributed by atoms with E-state index in [1.165, 1.54) is 4.88 Å². The molecule has 0 bridgehead atoms. The summed E-state index contributed by atoms with van der Waals surface area (Å²) in [5.74, 6) is 0.258. The fourth-order valence-corrected chi connectivity index (χ4v) is 6.40. The summed E-state index contributed by atoms with van der Waals surface area (Å²) in [6, 6.07) is 12.8. The van der Waals surface area contributed by atoms with E-state index in [0.717, 1.165) is 29.7 Å². The van der Waals surface area contributed by atoms with Gasteiger partial charge in [-0.3, -0.25) is 14.6 Å². The molecule has 188 valence electrons. The van der Waals surface area contributed by atoms with Gasteiger partial charge in [0.25, 0.3) is 11.5 Å². The van der Waals surface area contributed by atoms with E-state index in [4.69, 9.17) is 16.6 Å². The van der Waals surface area contributed by atoms with Crippen LogP contribution in [0.2, 0.25) is 5.02 Å². The number of aromatic nitrogens is 3. The highest BCUT2D eigenvalue weighted by Gasteiger charge is 2.50. The van der Waals surface area contributed by atoms with Gasteiger partial charge >= 0.3 is 0 Å². The molecule has 9 heteroatoms. The maximum atomic E-state index is 13.3. The minimum absolute atomic E-state index is 0.117. The Morgan fingerprint density at radius 1 is 1.19 bits per heavy atom. The lowest BCUT2D eigenvalue weighted by Gasteiger charge is -2.24. The van der Waals surface area contributed by atoms with E-state index < -0.39 is 12.0 Å². The van der Waals surface area contributed by atoms with Gasteiger partial charge in [-0.1, -0.05) is 29.8 Å². The van der Waals surface area contributed by atoms with Crippen LogP contribution in [-0.2, 0) is 23.2 Å². The molecular formula is C28H25ClN4O3S. The molecule has 1 fully saturated rings. The summed E-state index contributed by atoms with van der Waals surface area (Å²) in [6.07, 6.45) is 5.39. The van der Waals surface area contributed by atoms with Crippen LogP contribution in [0.5, 0.6) is 0 Å². The summed E-state index contributed by atoms with van der Waals surface area (Å²) in [4.78, 5) is 41.4. The van der Waals surface area contributed by atoms with E-state index in [-0.39, 0.29) is 17.5 Å². The molecule has 4 aromatic rings. The van der Waals surface area contributed by atoms with Crippen molar-refractivity contribution in [3.05, 3.63) is 103 Å². The van der Waals surface area contributed by atoms with Gasteiger partial charge in [-0.2, -0.15) is 0 Å². The highest BCUT2D eigenvalue weighted by Crippen LogP contribution is 2.54. The lowest BCUT2D eigenvalue weighted by atomic mass is 10.0. The highest BCUT2D eigenvalue weighted by atomic mass is 35.5. The lowest BCUT2D eigenvalue weighted by Crippen LogP contribution is -2.36. The second kappa shape index (κ2) is 9.52. The summed E-state index contributed by atoms with van der Waals surface area (Å²) < 4.78 is 0. The number of aliphatic hydroxyl groups is 1. The van der Waals surface area contributed by atoms with Crippen molar-refractivity contribution in [2.24, 2.45) is 0 Å². The lowest BCUT2D eigenvalue weighted by molar-refractivity contribution is -0.141. The maximum absolute atomic E-state index is 13.3. The maximum Gasteiger partial charge on any atom is 0.256 e. The van der Waals surface area contributed by atoms with Gasteiger partial charge in [-0.05, 0) is 66.5 Å². The van der Waals surface area contributed by atoms with Gasteiger partial charge in [0.15, 0.2) is 6.10 Å². The number of amides is 1. The Hall–Kier alpha value is -3.33. The zero-order valence-corrected chi connectivity index (χ0v) is 21.6. The molecule has 6 rings (SSSR count). The van der Waals surface area contributed by atoms with E-state index in [9.17, 15) is 14.7 Å². The molecule has 4 heterocycles. The van der Waals surface area contributed by atoms with E-state index in [0.29, 0.717) is 41.4 Å². The van der Waals surface area contributed by atoms with E-state index in [1.54, 1.807) is 46.7 Å². The normalized spacial score (nSPS) is 17.1. The number of halogens is 1. The predicted molar refractivity (Wildman–Crippen MR) is 143 cm³/mol. The Bertz CT molecular complexity index is 1530. The number of aryl methyl sites for hydroxylation is 1. The number of benzene rings is 1. The van der Waals surface area contributed by atoms with E-state index >= 15 is 0 Å². The summed E-state index contributed by atoms with van der Waals surface area (Å²) in [7, 11) is 0. The van der Waals surface area contributed by atoms with Gasteiger partial charge in [-0.15, -0.1) is 11.3 Å². The molecular weight excluding hydrogens is 508 g/mol. The van der Waals surface area contributed by atoms with Crippen LogP contribution in [0.15, 0.2) is 65.0 Å². The molecule has 1 aliphatic carbocycles. The van der Waals surface area contributed by atoms with Crippen LogP contribution < -0.4 is 5.56 Å². The quantitative estimate of drug-likeness (QED) is 0.390. The number of rotatable bonds is 5. The van der Waals surface area contributed by atoms with Gasteiger partial charge in [0.2, 0.25) is 0 Å². The number of nitrogens with one attached hydrogen (secondary N) is 1. The summed E-state index contributed by atoms with van der Waals surface area (Å²) in [6.45, 7) is 0.553. The van der Waals surface area contributed by atoms with Crippen molar-refractivity contribution in [1.29, 1.82) is 0 Å². The highest BCUT2D eigenvalue weighted by molar-refractivity contribution is 7.10. The molecule has 1 aliphatic heterocycles. The third kappa shape index (κ3) is 4.50. The van der Waals surface area contributed by atoms with Crippen LogP contribution >= 0.6 is 22.9 Å². The van der Waals surface area contributed by atoms with Gasteiger partial charge in [0.05, 0.1) is 23.2 Å². The van der Waals surface area contributed by atoms with Gasteiger partial charge in [-0.25, -0.2) is 4.98 Å². The molecule has 1 aromatic carbocycles. The molecule has 1 atom stereocenters. The molecule has 1 saturated carbocycles. The average molecular weight is 533 g/mol. The molecule has 0 radical (unpaired) electrons. The average Bonchev–Trinajstić information content (AvgIpc) is 3.63. The number of pyridine rings is 1. The number of thiophene rings is 1. The number of aliphatic hydroxyl groups excluding tert-OH is 1. The van der Waals surface area contributed by atoms with Crippen LogP contribution in [0, 0.1) is 0 Å². The first-order valence-corrected chi connectivity index (χ1v) is 13.5. The number of hydrogen-bond acceptors (Lipinski definition) is 6. The third-order valence-corrected chi connectivity index (χ3v) is 8.64. The van der Waals surface area contributed by atoms with Gasteiger partial charge < -0.3 is 15.0 Å². The first kappa shape index (κ1) is 24.0. The standard InChI is InChI=1S/C28H25ClN4O3S/c29-20-6-1-4-17(12-20)24(34)26(36)33-11-3-7-22-21(15-33)25(35)32-27(31-22)28(8-9-28)23-13-19(16-37-23)18-5-2-10-30-14-18/h1-2,4-6,10,12-14,16,24,34H,3,7-9,11,15H2,(H,31,32,35)/t24-/m1/s1. The first-order valence-electron chi connectivity index (χ1n) is 12.3. The van der Waals surface area contributed by atoms with Crippen molar-refractivity contribution in [2.75, 3.05) is 6.54 Å². The molecule has 7 nitrogen and oxygen atoms in total. The molecule has 0 saturated heterocycles. The fourth-order valence-electron chi connectivity index (χ4n) is 5.03. The van der Waals surface area contributed by atoms with Crippen molar-refractivity contribution >= 4 is 28.8 Å². The number of aromatic amines is 1. The Morgan fingerprint density at radius 3 is 2.81 bits per heavy atom. The second-order valence-corrected chi connectivity index (χ2v) is 11.0. The Labute approximate surface area is 222 Å². The van der Waals surface area contributed by atoms with Crippen LogP contribution in [0.3, 0.4) is 0 Å². The van der Waals surface area contributed by atoms with E-state index in [2.05, 4.69) is 21.4 Å². The molecule has 2 N–H and O–H groups in total. The Balaban J connectivity index is 1.27. The molecule has 37 heavy (non-hydrogen) atoms. The topological polar surface area (TPSA) is 99.2 Å². The second-order valence-electron chi connectivity index (χ2n) is 9.68. The largest absolute Gasteiger partial charge is 0.378 e. The molecule has 3 aromatic heterocycles. The number of hydrogen-bond donors (Lipinski definition) is 2. The number of fused-ring (bicyclic) bond motifs is 1. The first-order chi connectivity index (χ1) is 17.9. The molecule has 1 amide bonds. The molecule has 2 aliphatic rings. The SMILES string of the molecule is O=C([C@H](O)c1cccc(Cl)c1)N1CCCc2nc(C3(c4cc(-c5cccnc5)cs4)CC3)[nH]c(=O)c2C1. The monoisotopic (exact) mass is 532 g/mol. The predicted octanol–water partition coefficient (Wildman–Crippen LogP) is 4.64. The zero-order chi connectivity index (χ0) is 25.6. The number of nitrogens with zero attached hydrogens (tertiary/aromatic N) is 3. The summed E-state index contributed by atoms with van der Waals surface area (Å²) in [5, 5.41) is 13.3. The smallest absolute Gasteiger partial charge is 0.256 e. The Kier molecular flexibility index (Phi) is 6.18. The van der Waals surface area contributed by atoms with E-state index in [1.807, 2.05) is 18.3 Å². The number of carbonyl (C=O) groups excluding carboxylic acids is 1. The minimum atomic E-state index is -1.34. The third-order valence-electron chi connectivity index (χ3n) is 7.27. The van der Waals surface area contributed by atoms with Gasteiger partial charge in [0.1, 0.15) is 5.82 Å². The summed E-state index contributed by atoms with van der Waals surface area (Å²) in [5.41, 5.74) is 3.35. The van der Waals surface area contributed by atoms with Crippen molar-refractivity contribution in [3.8, 4) is 11.1 Å². The van der Waals surface area contributed by atoms with Crippen molar-refractivity contribution in [3.63, 3.8) is 0 Å². The Morgan fingerprint density at radius 2 is 2.05 bits per heavy atom. The molecule has 0 spiro atoms. The van der Waals surface area contributed by atoms with Crippen molar-refractivity contribution in [1.82, 2.24) is 19.9 Å². The minimum Gasteiger partial charge on any atom is -0.378 e. The zero-order valence-electron chi connectivity index (χ0n) is 20.0.